The Morgan fingerprint density at radius 1 is 1.02 bits per heavy atom. The molecule has 1 amide bonds. The summed E-state index contributed by atoms with van der Waals surface area (Å²) in [5.74, 6) is 0.658. The number of benzene rings is 3. The zero-order valence-corrected chi connectivity index (χ0v) is 23.5. The van der Waals surface area contributed by atoms with Crippen LogP contribution in [0.25, 0.3) is 28.1 Å². The van der Waals surface area contributed by atoms with Crippen LogP contribution in [0.4, 0.5) is 5.82 Å². The fourth-order valence-corrected chi connectivity index (χ4v) is 5.19. The number of carbonyl (C=O) groups excluding carboxylic acids is 1. The van der Waals surface area contributed by atoms with E-state index in [0.717, 1.165) is 28.0 Å². The molecule has 5 aromatic rings. The minimum Gasteiger partial charge on any atom is -0.497 e. The second kappa shape index (κ2) is 12.0. The number of nitriles is 1. The zero-order chi connectivity index (χ0) is 28.9. The Balaban J connectivity index is 1.47. The van der Waals surface area contributed by atoms with Crippen molar-refractivity contribution in [2.75, 3.05) is 12.4 Å². The first-order valence-electron chi connectivity index (χ1n) is 12.9. The van der Waals surface area contributed by atoms with Gasteiger partial charge in [0.2, 0.25) is 5.91 Å². The van der Waals surface area contributed by atoms with Crippen molar-refractivity contribution < 1.29 is 9.53 Å². The van der Waals surface area contributed by atoms with Gasteiger partial charge in [0.05, 0.1) is 29.3 Å². The second-order valence-electron chi connectivity index (χ2n) is 9.37. The lowest BCUT2D eigenvalue weighted by atomic mass is 9.98. The number of ether oxygens (including phenoxy) is 1. The van der Waals surface area contributed by atoms with E-state index in [9.17, 15) is 14.9 Å². The van der Waals surface area contributed by atoms with Crippen LogP contribution < -0.4 is 15.6 Å². The van der Waals surface area contributed by atoms with E-state index in [2.05, 4.69) is 16.5 Å². The quantitative estimate of drug-likeness (QED) is 0.218. The van der Waals surface area contributed by atoms with E-state index in [1.165, 1.54) is 22.5 Å². The molecule has 0 bridgehead atoms. The van der Waals surface area contributed by atoms with Crippen molar-refractivity contribution in [1.29, 1.82) is 5.26 Å². The number of hydrogen-bond acceptors (Lipinski definition) is 6. The number of pyridine rings is 1. The van der Waals surface area contributed by atoms with Gasteiger partial charge in [0, 0.05) is 17.2 Å². The molecule has 2 heterocycles. The highest BCUT2D eigenvalue weighted by molar-refractivity contribution is 8.00. The fraction of sp³-hybridized carbons (Fsp3) is 0.125. The average molecular weight is 562 g/mol. The number of aromatic nitrogens is 3. The molecule has 41 heavy (non-hydrogen) atoms. The number of nitrogens with one attached hydrogen (secondary N) is 2. The van der Waals surface area contributed by atoms with Gasteiger partial charge in [-0.25, -0.2) is 9.67 Å². The van der Waals surface area contributed by atoms with Crippen LogP contribution in [0.3, 0.4) is 0 Å². The Bertz CT molecular complexity index is 1790. The molecule has 204 valence electrons. The number of anilines is 1. The van der Waals surface area contributed by atoms with Crippen LogP contribution >= 0.6 is 11.8 Å². The van der Waals surface area contributed by atoms with E-state index in [-0.39, 0.29) is 17.3 Å². The molecule has 0 radical (unpaired) electrons. The lowest BCUT2D eigenvalue weighted by Crippen LogP contribution is -2.23. The highest BCUT2D eigenvalue weighted by Crippen LogP contribution is 2.36. The monoisotopic (exact) mass is 561 g/mol. The second-order valence-corrected chi connectivity index (χ2v) is 10.7. The third-order valence-corrected chi connectivity index (χ3v) is 7.58. The van der Waals surface area contributed by atoms with Crippen molar-refractivity contribution in [1.82, 2.24) is 14.8 Å². The number of H-pyrrole nitrogens is 1. The number of hydrogen-bond donors (Lipinski definition) is 2. The number of nitrogens with zero attached hydrogens (tertiary/aromatic N) is 3. The number of aryl methyl sites for hydroxylation is 1. The highest BCUT2D eigenvalue weighted by atomic mass is 32.2. The molecule has 0 aliphatic rings. The van der Waals surface area contributed by atoms with Crippen LogP contribution in [-0.4, -0.2) is 33.0 Å². The maximum Gasteiger partial charge on any atom is 0.273 e. The number of aromatic amines is 1. The summed E-state index contributed by atoms with van der Waals surface area (Å²) in [5, 5.41) is 15.7. The van der Waals surface area contributed by atoms with Gasteiger partial charge >= 0.3 is 0 Å². The van der Waals surface area contributed by atoms with Crippen LogP contribution in [0.2, 0.25) is 0 Å². The maximum atomic E-state index is 13.2. The van der Waals surface area contributed by atoms with E-state index in [0.29, 0.717) is 22.0 Å². The average Bonchev–Trinajstić information content (AvgIpc) is 3.37. The van der Waals surface area contributed by atoms with Gasteiger partial charge in [0.1, 0.15) is 22.7 Å². The smallest absolute Gasteiger partial charge is 0.273 e. The van der Waals surface area contributed by atoms with E-state index in [4.69, 9.17) is 9.72 Å². The molecule has 5 rings (SSSR count). The number of rotatable bonds is 8. The van der Waals surface area contributed by atoms with Crippen LogP contribution in [0.5, 0.6) is 5.75 Å². The first-order valence-corrected chi connectivity index (χ1v) is 13.8. The lowest BCUT2D eigenvalue weighted by Gasteiger charge is -2.16. The first kappa shape index (κ1) is 27.5. The van der Waals surface area contributed by atoms with Gasteiger partial charge in [-0.3, -0.25) is 14.7 Å². The minimum absolute atomic E-state index is 0.275. The topological polar surface area (TPSA) is 113 Å². The van der Waals surface area contributed by atoms with E-state index < -0.39 is 5.25 Å². The van der Waals surface area contributed by atoms with Crippen molar-refractivity contribution >= 4 is 23.5 Å². The van der Waals surface area contributed by atoms with Crippen molar-refractivity contribution in [3.63, 3.8) is 0 Å². The maximum absolute atomic E-state index is 13.2. The number of carbonyl (C=O) groups is 1. The van der Waals surface area contributed by atoms with Crippen molar-refractivity contribution in [2.45, 2.75) is 24.1 Å². The summed E-state index contributed by atoms with van der Waals surface area (Å²) in [6.07, 6.45) is 0. The van der Waals surface area contributed by atoms with Crippen LogP contribution in [0.1, 0.15) is 18.1 Å². The Morgan fingerprint density at radius 3 is 2.37 bits per heavy atom. The summed E-state index contributed by atoms with van der Waals surface area (Å²) in [5.41, 5.74) is 4.98. The molecule has 3 aromatic carbocycles. The SMILES string of the molecule is COc1ccc(-c2cc(-c3ccc(C)cc3)c(C#N)c(SC(C)C(=O)Nc3cc(=O)n(-c4ccccc4)[nH]3)n2)cc1. The van der Waals surface area contributed by atoms with Crippen molar-refractivity contribution in [3.05, 3.63) is 112 Å². The molecule has 9 heteroatoms. The molecular weight excluding hydrogens is 534 g/mol. The van der Waals surface area contributed by atoms with Crippen molar-refractivity contribution in [3.8, 4) is 39.9 Å². The summed E-state index contributed by atoms with van der Waals surface area (Å²) in [7, 11) is 1.61. The molecule has 0 saturated heterocycles. The molecule has 1 atom stereocenters. The molecular formula is C32H27N5O3S. The van der Waals surface area contributed by atoms with Gasteiger partial charge < -0.3 is 10.1 Å². The van der Waals surface area contributed by atoms with Crippen LogP contribution in [-0.2, 0) is 4.79 Å². The Kier molecular flexibility index (Phi) is 8.04. The largest absolute Gasteiger partial charge is 0.497 e. The highest BCUT2D eigenvalue weighted by Gasteiger charge is 2.22. The molecule has 1 unspecified atom stereocenters. The van der Waals surface area contributed by atoms with Gasteiger partial charge in [-0.2, -0.15) is 5.26 Å². The Morgan fingerprint density at radius 2 is 1.71 bits per heavy atom. The van der Waals surface area contributed by atoms with E-state index in [1.807, 2.05) is 79.7 Å². The van der Waals surface area contributed by atoms with E-state index in [1.54, 1.807) is 26.2 Å². The summed E-state index contributed by atoms with van der Waals surface area (Å²) in [6, 6.07) is 30.1. The Hall–Kier alpha value is -5.07. The normalized spacial score (nSPS) is 11.5. The third-order valence-electron chi connectivity index (χ3n) is 6.50. The van der Waals surface area contributed by atoms with Gasteiger partial charge in [0.15, 0.2) is 0 Å². The van der Waals surface area contributed by atoms with Gasteiger partial charge in [-0.05, 0) is 61.9 Å². The van der Waals surface area contributed by atoms with E-state index >= 15 is 0 Å². The molecule has 2 aromatic heterocycles. The summed E-state index contributed by atoms with van der Waals surface area (Å²) < 4.78 is 6.65. The number of methoxy groups -OCH3 is 1. The molecule has 0 aliphatic heterocycles. The predicted octanol–water partition coefficient (Wildman–Crippen LogP) is 6.20. The van der Waals surface area contributed by atoms with Crippen LogP contribution in [0.15, 0.2) is 101 Å². The molecule has 0 fully saturated rings. The van der Waals surface area contributed by atoms with Crippen molar-refractivity contribution in [2.24, 2.45) is 0 Å². The number of thioether (sulfide) groups is 1. The van der Waals surface area contributed by atoms with Gasteiger partial charge in [-0.1, -0.05) is 59.8 Å². The molecule has 0 spiro atoms. The fourth-order valence-electron chi connectivity index (χ4n) is 4.27. The molecule has 0 aliphatic carbocycles. The first-order chi connectivity index (χ1) is 19.9. The lowest BCUT2D eigenvalue weighted by molar-refractivity contribution is -0.115. The van der Waals surface area contributed by atoms with Crippen LogP contribution in [0, 0.1) is 18.3 Å². The number of para-hydroxylation sites is 1. The van der Waals surface area contributed by atoms with Gasteiger partial charge in [-0.15, -0.1) is 0 Å². The molecule has 8 nitrogen and oxygen atoms in total. The zero-order valence-electron chi connectivity index (χ0n) is 22.7. The van der Waals surface area contributed by atoms with Gasteiger partial charge in [0.25, 0.3) is 5.56 Å². The minimum atomic E-state index is -0.629. The molecule has 0 saturated carbocycles. The summed E-state index contributed by atoms with van der Waals surface area (Å²) in [4.78, 5) is 30.5. The number of amides is 1. The third kappa shape index (κ3) is 6.08. The molecule has 2 N–H and O–H groups in total. The summed E-state index contributed by atoms with van der Waals surface area (Å²) >= 11 is 1.19. The standard InChI is InChI=1S/C32H27N5O3S/c1-20-9-11-22(12-10-20)26-17-28(23-13-15-25(40-3)16-14-23)34-32(27(26)19-33)41-21(2)31(39)35-29-18-30(38)37(36-29)24-7-5-4-6-8-24/h4-18,21,36H,1-3H3,(H,35,39). The Labute approximate surface area is 241 Å². The predicted molar refractivity (Wildman–Crippen MR) is 161 cm³/mol. The summed E-state index contributed by atoms with van der Waals surface area (Å²) in [6.45, 7) is 3.74.